The summed E-state index contributed by atoms with van der Waals surface area (Å²) in [7, 11) is 0. The van der Waals surface area contributed by atoms with E-state index < -0.39 is 0 Å². The number of carbonyl (C=O) groups excluding carboxylic acids is 1. The Morgan fingerprint density at radius 2 is 1.96 bits per heavy atom. The molecule has 6 nitrogen and oxygen atoms in total. The lowest BCUT2D eigenvalue weighted by atomic mass is 9.85. The maximum Gasteiger partial charge on any atom is 0.248 e. The van der Waals surface area contributed by atoms with E-state index in [0.717, 1.165) is 44.3 Å². The van der Waals surface area contributed by atoms with Crippen molar-refractivity contribution >= 4 is 18.3 Å². The second-order valence-corrected chi connectivity index (χ2v) is 7.18. The second kappa shape index (κ2) is 8.81. The SMILES string of the molecule is CC(NC(=O)C1CCCC(N)C1)c1nc(C2CCCCC2)no1.Cl. The maximum absolute atomic E-state index is 12.4. The molecule has 2 saturated carbocycles. The molecule has 3 unspecified atom stereocenters. The van der Waals surface area contributed by atoms with Gasteiger partial charge in [-0.05, 0) is 39.0 Å². The van der Waals surface area contributed by atoms with E-state index in [9.17, 15) is 4.79 Å². The normalized spacial score (nSPS) is 26.4. The number of nitrogens with zero attached hydrogens (tertiary/aromatic N) is 2. The number of rotatable bonds is 4. The second-order valence-electron chi connectivity index (χ2n) is 7.18. The minimum absolute atomic E-state index is 0. The van der Waals surface area contributed by atoms with Gasteiger partial charge in [-0.15, -0.1) is 12.4 Å². The Morgan fingerprint density at radius 3 is 2.67 bits per heavy atom. The van der Waals surface area contributed by atoms with Gasteiger partial charge in [0, 0.05) is 17.9 Å². The molecule has 0 bridgehead atoms. The van der Waals surface area contributed by atoms with Crippen LogP contribution in [-0.2, 0) is 4.79 Å². The van der Waals surface area contributed by atoms with Crippen LogP contribution in [0.25, 0.3) is 0 Å². The van der Waals surface area contributed by atoms with Crippen LogP contribution in [0.2, 0.25) is 0 Å². The van der Waals surface area contributed by atoms with Crippen LogP contribution in [0.1, 0.15) is 88.4 Å². The first-order valence-corrected chi connectivity index (χ1v) is 9.03. The largest absolute Gasteiger partial charge is 0.344 e. The molecule has 1 aromatic heterocycles. The summed E-state index contributed by atoms with van der Waals surface area (Å²) in [4.78, 5) is 16.9. The zero-order chi connectivity index (χ0) is 16.2. The molecule has 0 radical (unpaired) electrons. The molecule has 1 heterocycles. The van der Waals surface area contributed by atoms with Crippen LogP contribution in [0.3, 0.4) is 0 Å². The molecule has 0 saturated heterocycles. The molecule has 2 fully saturated rings. The zero-order valence-electron chi connectivity index (χ0n) is 14.4. The molecule has 1 amide bonds. The lowest BCUT2D eigenvalue weighted by Crippen LogP contribution is -2.38. The maximum atomic E-state index is 12.4. The highest BCUT2D eigenvalue weighted by atomic mass is 35.5. The van der Waals surface area contributed by atoms with E-state index in [4.69, 9.17) is 10.3 Å². The van der Waals surface area contributed by atoms with E-state index in [2.05, 4.69) is 15.5 Å². The number of amides is 1. The van der Waals surface area contributed by atoms with E-state index >= 15 is 0 Å². The summed E-state index contributed by atoms with van der Waals surface area (Å²) in [5.74, 6) is 1.81. The standard InChI is InChI=1S/C17H28N4O2.ClH/c1-11(19-16(22)13-8-5-9-14(18)10-13)17-20-15(21-23-17)12-6-3-2-4-7-12;/h11-14H,2-10,18H2,1H3,(H,19,22);1H. The van der Waals surface area contributed by atoms with Crippen molar-refractivity contribution in [3.63, 3.8) is 0 Å². The summed E-state index contributed by atoms with van der Waals surface area (Å²) in [6.07, 6.45) is 9.80. The molecular formula is C17H29ClN4O2. The molecule has 0 aliphatic heterocycles. The number of carbonyl (C=O) groups is 1. The molecule has 1 aromatic rings. The van der Waals surface area contributed by atoms with Gasteiger partial charge in [0.05, 0.1) is 0 Å². The fourth-order valence-electron chi connectivity index (χ4n) is 3.81. The Labute approximate surface area is 149 Å². The minimum atomic E-state index is -0.245. The summed E-state index contributed by atoms with van der Waals surface area (Å²) < 4.78 is 5.39. The van der Waals surface area contributed by atoms with Crippen molar-refractivity contribution < 1.29 is 9.32 Å². The summed E-state index contributed by atoms with van der Waals surface area (Å²) >= 11 is 0. The van der Waals surface area contributed by atoms with Gasteiger partial charge in [-0.2, -0.15) is 4.98 Å². The van der Waals surface area contributed by atoms with Crippen LogP contribution in [0.5, 0.6) is 0 Å². The fourth-order valence-corrected chi connectivity index (χ4v) is 3.81. The zero-order valence-corrected chi connectivity index (χ0v) is 15.2. The van der Waals surface area contributed by atoms with Crippen molar-refractivity contribution in [3.8, 4) is 0 Å². The molecular weight excluding hydrogens is 328 g/mol. The summed E-state index contributed by atoms with van der Waals surface area (Å²) in [5.41, 5.74) is 5.97. The van der Waals surface area contributed by atoms with Crippen LogP contribution >= 0.6 is 12.4 Å². The third kappa shape index (κ3) is 4.70. The minimum Gasteiger partial charge on any atom is -0.344 e. The monoisotopic (exact) mass is 356 g/mol. The van der Waals surface area contributed by atoms with Crippen LogP contribution in [-0.4, -0.2) is 22.1 Å². The summed E-state index contributed by atoms with van der Waals surface area (Å²) in [6, 6.07) is -0.0957. The molecule has 3 atom stereocenters. The van der Waals surface area contributed by atoms with Gasteiger partial charge in [0.25, 0.3) is 0 Å². The average Bonchev–Trinajstić information content (AvgIpc) is 3.06. The van der Waals surface area contributed by atoms with Crippen molar-refractivity contribution in [2.75, 3.05) is 0 Å². The van der Waals surface area contributed by atoms with Gasteiger partial charge in [0.1, 0.15) is 6.04 Å². The smallest absolute Gasteiger partial charge is 0.248 e. The molecule has 0 aromatic carbocycles. The first-order valence-electron chi connectivity index (χ1n) is 9.03. The molecule has 7 heteroatoms. The first kappa shape index (κ1) is 19.2. The van der Waals surface area contributed by atoms with Crippen molar-refractivity contribution in [3.05, 3.63) is 11.7 Å². The van der Waals surface area contributed by atoms with Gasteiger partial charge < -0.3 is 15.6 Å². The number of aromatic nitrogens is 2. The third-order valence-corrected chi connectivity index (χ3v) is 5.24. The Hall–Kier alpha value is -1.14. The van der Waals surface area contributed by atoms with Crippen molar-refractivity contribution in [1.29, 1.82) is 0 Å². The molecule has 2 aliphatic carbocycles. The lowest BCUT2D eigenvalue weighted by Gasteiger charge is -2.26. The van der Waals surface area contributed by atoms with Crippen molar-refractivity contribution in [2.45, 2.75) is 82.7 Å². The molecule has 0 spiro atoms. The number of hydrogen-bond acceptors (Lipinski definition) is 5. The van der Waals surface area contributed by atoms with Gasteiger partial charge in [-0.1, -0.05) is 30.8 Å². The van der Waals surface area contributed by atoms with Crippen molar-refractivity contribution in [2.24, 2.45) is 11.7 Å². The van der Waals surface area contributed by atoms with Gasteiger partial charge in [0.15, 0.2) is 5.82 Å². The highest BCUT2D eigenvalue weighted by molar-refractivity contribution is 5.85. The molecule has 3 N–H and O–H groups in total. The Bertz CT molecular complexity index is 530. The van der Waals surface area contributed by atoms with E-state index in [1.165, 1.54) is 19.3 Å². The Morgan fingerprint density at radius 1 is 1.21 bits per heavy atom. The van der Waals surface area contributed by atoms with Gasteiger partial charge >= 0.3 is 0 Å². The highest BCUT2D eigenvalue weighted by Gasteiger charge is 2.28. The number of nitrogens with one attached hydrogen (secondary N) is 1. The van der Waals surface area contributed by atoms with E-state index in [1.54, 1.807) is 0 Å². The van der Waals surface area contributed by atoms with Crippen LogP contribution in [0.4, 0.5) is 0 Å². The number of halogens is 1. The number of nitrogens with two attached hydrogens (primary N) is 1. The first-order chi connectivity index (χ1) is 11.1. The predicted octanol–water partition coefficient (Wildman–Crippen LogP) is 3.23. The van der Waals surface area contributed by atoms with Crippen LogP contribution < -0.4 is 11.1 Å². The predicted molar refractivity (Wildman–Crippen MR) is 93.9 cm³/mol. The van der Waals surface area contributed by atoms with E-state index in [1.807, 2.05) is 6.92 Å². The molecule has 2 aliphatic rings. The van der Waals surface area contributed by atoms with Crippen LogP contribution in [0, 0.1) is 5.92 Å². The number of hydrogen-bond donors (Lipinski definition) is 2. The summed E-state index contributed by atoms with van der Waals surface area (Å²) in [6.45, 7) is 1.90. The Kier molecular flexibility index (Phi) is 7.04. The van der Waals surface area contributed by atoms with Crippen LogP contribution in [0.15, 0.2) is 4.52 Å². The third-order valence-electron chi connectivity index (χ3n) is 5.24. The molecule has 3 rings (SSSR count). The summed E-state index contributed by atoms with van der Waals surface area (Å²) in [5, 5.41) is 7.15. The molecule has 136 valence electrons. The highest BCUT2D eigenvalue weighted by Crippen LogP contribution is 2.31. The van der Waals surface area contributed by atoms with Gasteiger partial charge in [-0.25, -0.2) is 0 Å². The van der Waals surface area contributed by atoms with Gasteiger partial charge in [-0.3, -0.25) is 4.79 Å². The van der Waals surface area contributed by atoms with E-state index in [0.29, 0.717) is 11.8 Å². The van der Waals surface area contributed by atoms with Crippen molar-refractivity contribution in [1.82, 2.24) is 15.5 Å². The fraction of sp³-hybridized carbons (Fsp3) is 0.824. The van der Waals surface area contributed by atoms with E-state index in [-0.39, 0.29) is 36.3 Å². The average molecular weight is 357 g/mol. The Balaban J connectivity index is 0.00000208. The quantitative estimate of drug-likeness (QED) is 0.863. The molecule has 24 heavy (non-hydrogen) atoms. The topological polar surface area (TPSA) is 94.0 Å². The van der Waals surface area contributed by atoms with Gasteiger partial charge in [0.2, 0.25) is 11.8 Å². The lowest BCUT2D eigenvalue weighted by molar-refractivity contribution is -0.126.